The first kappa shape index (κ1) is 19.7. The minimum atomic E-state index is -0.161. The van der Waals surface area contributed by atoms with Gasteiger partial charge in [0.05, 0.1) is 0 Å². The predicted molar refractivity (Wildman–Crippen MR) is 107 cm³/mol. The summed E-state index contributed by atoms with van der Waals surface area (Å²) < 4.78 is 0. The zero-order valence-electron chi connectivity index (χ0n) is 16.1. The van der Waals surface area contributed by atoms with Gasteiger partial charge in [-0.1, -0.05) is 46.2 Å². The fraction of sp³-hybridized carbons (Fsp3) is 0.364. The van der Waals surface area contributed by atoms with E-state index in [1.165, 1.54) is 5.56 Å². The number of nitrogens with one attached hydrogen (secondary N) is 2. The van der Waals surface area contributed by atoms with Crippen molar-refractivity contribution in [2.75, 3.05) is 11.9 Å². The van der Waals surface area contributed by atoms with Gasteiger partial charge in [-0.05, 0) is 53.8 Å². The molecule has 0 aliphatic rings. The number of anilines is 1. The third kappa shape index (κ3) is 5.45. The van der Waals surface area contributed by atoms with Crippen LogP contribution in [-0.2, 0) is 5.41 Å². The highest BCUT2D eigenvalue weighted by Crippen LogP contribution is 2.22. The van der Waals surface area contributed by atoms with E-state index in [9.17, 15) is 9.59 Å². The van der Waals surface area contributed by atoms with Crippen molar-refractivity contribution in [2.24, 2.45) is 0 Å². The van der Waals surface area contributed by atoms with E-state index in [1.807, 2.05) is 24.3 Å². The van der Waals surface area contributed by atoms with Gasteiger partial charge in [0.25, 0.3) is 11.8 Å². The van der Waals surface area contributed by atoms with E-state index in [2.05, 4.69) is 38.3 Å². The van der Waals surface area contributed by atoms with Crippen molar-refractivity contribution in [3.63, 3.8) is 0 Å². The lowest BCUT2D eigenvalue weighted by molar-refractivity contribution is 0.0952. The van der Waals surface area contributed by atoms with Crippen molar-refractivity contribution in [1.82, 2.24) is 5.32 Å². The first-order chi connectivity index (χ1) is 12.3. The second kappa shape index (κ2) is 8.65. The molecule has 0 aromatic heterocycles. The summed E-state index contributed by atoms with van der Waals surface area (Å²) in [7, 11) is 0. The Labute approximate surface area is 156 Å². The minimum absolute atomic E-state index is 0.0581. The number of rotatable bonds is 6. The molecule has 0 saturated heterocycles. The van der Waals surface area contributed by atoms with Gasteiger partial charge < -0.3 is 10.6 Å². The van der Waals surface area contributed by atoms with Crippen LogP contribution in [-0.4, -0.2) is 18.4 Å². The molecule has 138 valence electrons. The first-order valence-corrected chi connectivity index (χ1v) is 9.11. The molecule has 2 aromatic rings. The number of hydrogen-bond donors (Lipinski definition) is 2. The highest BCUT2D eigenvalue weighted by atomic mass is 16.2. The molecule has 0 radical (unpaired) electrons. The highest BCUT2D eigenvalue weighted by Gasteiger charge is 2.14. The molecule has 0 unspecified atom stereocenters. The Hall–Kier alpha value is -2.62. The van der Waals surface area contributed by atoms with E-state index >= 15 is 0 Å². The molecule has 0 heterocycles. The molecule has 2 aromatic carbocycles. The van der Waals surface area contributed by atoms with Gasteiger partial charge in [-0.2, -0.15) is 0 Å². The van der Waals surface area contributed by atoms with Crippen LogP contribution in [0.4, 0.5) is 5.69 Å². The molecule has 2 rings (SSSR count). The summed E-state index contributed by atoms with van der Waals surface area (Å²) in [6.07, 6.45) is 2.01. The Kier molecular flexibility index (Phi) is 6.56. The van der Waals surface area contributed by atoms with Gasteiger partial charge in [-0.15, -0.1) is 0 Å². The lowest BCUT2D eigenvalue weighted by atomic mass is 9.87. The van der Waals surface area contributed by atoms with Gasteiger partial charge in [0.15, 0.2) is 0 Å². The number of benzene rings is 2. The van der Waals surface area contributed by atoms with Crippen molar-refractivity contribution < 1.29 is 9.59 Å². The van der Waals surface area contributed by atoms with Crippen LogP contribution in [0, 0.1) is 0 Å². The van der Waals surface area contributed by atoms with Crippen molar-refractivity contribution in [2.45, 2.75) is 46.0 Å². The molecule has 2 N–H and O–H groups in total. The van der Waals surface area contributed by atoms with Crippen molar-refractivity contribution >= 4 is 17.5 Å². The van der Waals surface area contributed by atoms with Gasteiger partial charge in [-0.25, -0.2) is 0 Å². The Morgan fingerprint density at radius 3 is 1.92 bits per heavy atom. The Morgan fingerprint density at radius 2 is 1.38 bits per heavy atom. The summed E-state index contributed by atoms with van der Waals surface area (Å²) in [5.41, 5.74) is 3.11. The standard InChI is InChI=1S/C22H28N2O2/c1-5-6-15-23-20(25)16-9-13-19(14-10-16)24-21(26)17-7-11-18(12-8-17)22(2,3)4/h7-14H,5-6,15H2,1-4H3,(H,23,25)(H,24,26). The molecule has 0 spiro atoms. The number of hydrogen-bond acceptors (Lipinski definition) is 2. The SMILES string of the molecule is CCCCNC(=O)c1ccc(NC(=O)c2ccc(C(C)(C)C)cc2)cc1. The highest BCUT2D eigenvalue weighted by molar-refractivity contribution is 6.04. The number of amides is 2. The Morgan fingerprint density at radius 1 is 0.846 bits per heavy atom. The van der Waals surface area contributed by atoms with Crippen LogP contribution >= 0.6 is 0 Å². The van der Waals surface area contributed by atoms with E-state index in [0.717, 1.165) is 12.8 Å². The number of carbonyl (C=O) groups excluding carboxylic acids is 2. The quantitative estimate of drug-likeness (QED) is 0.736. The third-order valence-electron chi connectivity index (χ3n) is 4.23. The maximum atomic E-state index is 12.4. The molecular weight excluding hydrogens is 324 g/mol. The second-order valence-electron chi connectivity index (χ2n) is 7.47. The van der Waals surface area contributed by atoms with Gasteiger partial charge in [0.1, 0.15) is 0 Å². The smallest absolute Gasteiger partial charge is 0.255 e. The summed E-state index contributed by atoms with van der Waals surface area (Å²) in [6.45, 7) is 9.19. The molecule has 0 aliphatic carbocycles. The molecule has 2 amide bonds. The summed E-state index contributed by atoms with van der Waals surface area (Å²) in [6, 6.07) is 14.6. The van der Waals surface area contributed by atoms with E-state index in [-0.39, 0.29) is 17.2 Å². The zero-order chi connectivity index (χ0) is 19.2. The van der Waals surface area contributed by atoms with Gasteiger partial charge >= 0.3 is 0 Å². The lowest BCUT2D eigenvalue weighted by Crippen LogP contribution is -2.24. The average Bonchev–Trinajstić information content (AvgIpc) is 2.62. The van der Waals surface area contributed by atoms with Crippen LogP contribution in [0.1, 0.15) is 66.8 Å². The Balaban J connectivity index is 1.98. The molecule has 4 nitrogen and oxygen atoms in total. The summed E-state index contributed by atoms with van der Waals surface area (Å²) in [5, 5.41) is 5.74. The maximum absolute atomic E-state index is 12.4. The van der Waals surface area contributed by atoms with E-state index in [4.69, 9.17) is 0 Å². The summed E-state index contributed by atoms with van der Waals surface area (Å²) in [4.78, 5) is 24.4. The van der Waals surface area contributed by atoms with Crippen molar-refractivity contribution in [1.29, 1.82) is 0 Å². The molecule has 26 heavy (non-hydrogen) atoms. The van der Waals surface area contributed by atoms with Crippen molar-refractivity contribution in [3.8, 4) is 0 Å². The number of carbonyl (C=O) groups is 2. The molecule has 4 heteroatoms. The molecule has 0 atom stereocenters. The van der Waals surface area contributed by atoms with Crippen LogP contribution in [0.15, 0.2) is 48.5 Å². The zero-order valence-corrected chi connectivity index (χ0v) is 16.1. The van der Waals surface area contributed by atoms with E-state index < -0.39 is 0 Å². The lowest BCUT2D eigenvalue weighted by Gasteiger charge is -2.19. The van der Waals surface area contributed by atoms with Crippen LogP contribution < -0.4 is 10.6 Å². The van der Waals surface area contributed by atoms with Crippen LogP contribution in [0.3, 0.4) is 0 Å². The molecule has 0 bridgehead atoms. The Bertz CT molecular complexity index is 741. The van der Waals surface area contributed by atoms with Gasteiger partial charge in [0, 0.05) is 23.4 Å². The van der Waals surface area contributed by atoms with Crippen LogP contribution in [0.5, 0.6) is 0 Å². The average molecular weight is 352 g/mol. The largest absolute Gasteiger partial charge is 0.352 e. The normalized spacial score (nSPS) is 11.1. The summed E-state index contributed by atoms with van der Waals surface area (Å²) in [5.74, 6) is -0.250. The monoisotopic (exact) mass is 352 g/mol. The van der Waals surface area contributed by atoms with Gasteiger partial charge in [0.2, 0.25) is 0 Å². The molecular formula is C22H28N2O2. The summed E-state index contributed by atoms with van der Waals surface area (Å²) >= 11 is 0. The van der Waals surface area contributed by atoms with Crippen LogP contribution in [0.25, 0.3) is 0 Å². The van der Waals surface area contributed by atoms with E-state index in [0.29, 0.717) is 23.4 Å². The first-order valence-electron chi connectivity index (χ1n) is 9.11. The molecule has 0 fully saturated rings. The minimum Gasteiger partial charge on any atom is -0.352 e. The number of unbranched alkanes of at least 4 members (excludes halogenated alkanes) is 1. The predicted octanol–water partition coefficient (Wildman–Crippen LogP) is 4.77. The van der Waals surface area contributed by atoms with E-state index in [1.54, 1.807) is 24.3 Å². The molecule has 0 saturated carbocycles. The fourth-order valence-corrected chi connectivity index (χ4v) is 2.51. The third-order valence-corrected chi connectivity index (χ3v) is 4.23. The van der Waals surface area contributed by atoms with Crippen LogP contribution in [0.2, 0.25) is 0 Å². The second-order valence-corrected chi connectivity index (χ2v) is 7.47. The fourth-order valence-electron chi connectivity index (χ4n) is 2.51. The topological polar surface area (TPSA) is 58.2 Å². The van der Waals surface area contributed by atoms with Gasteiger partial charge in [-0.3, -0.25) is 9.59 Å². The molecule has 0 aliphatic heterocycles. The maximum Gasteiger partial charge on any atom is 0.255 e. The van der Waals surface area contributed by atoms with Crippen molar-refractivity contribution in [3.05, 3.63) is 65.2 Å².